The van der Waals surface area contributed by atoms with Crippen molar-refractivity contribution in [3.63, 3.8) is 0 Å². The molecule has 0 aliphatic heterocycles. The number of carbonyl (C=O) groups excluding carboxylic acids is 3. The number of benzene rings is 1. The van der Waals surface area contributed by atoms with Gasteiger partial charge in [0, 0.05) is 17.6 Å². The number of thioether (sulfide) groups is 1. The molecule has 4 N–H and O–H groups in total. The topological polar surface area (TPSA) is 101 Å². The lowest BCUT2D eigenvalue weighted by Crippen LogP contribution is -2.42. The summed E-state index contributed by atoms with van der Waals surface area (Å²) in [5.41, 5.74) is 7.23. The first-order valence-electron chi connectivity index (χ1n) is 8.47. The molecule has 25 heavy (non-hydrogen) atoms. The van der Waals surface area contributed by atoms with Crippen molar-refractivity contribution >= 4 is 35.2 Å². The Kier molecular flexibility index (Phi) is 7.31. The van der Waals surface area contributed by atoms with Gasteiger partial charge >= 0.3 is 0 Å². The van der Waals surface area contributed by atoms with Crippen molar-refractivity contribution in [3.8, 4) is 0 Å². The molecule has 0 heterocycles. The van der Waals surface area contributed by atoms with Crippen molar-refractivity contribution in [1.29, 1.82) is 0 Å². The normalized spacial score (nSPS) is 19.9. The molecule has 0 aromatic heterocycles. The number of aryl methyl sites for hydroxylation is 1. The molecule has 2 rings (SSSR count). The highest BCUT2D eigenvalue weighted by Gasteiger charge is 2.26. The predicted molar refractivity (Wildman–Crippen MR) is 100 cm³/mol. The maximum atomic E-state index is 12.0. The smallest absolute Gasteiger partial charge is 0.234 e. The lowest BCUT2D eigenvalue weighted by atomic mass is 9.85. The van der Waals surface area contributed by atoms with Gasteiger partial charge < -0.3 is 16.4 Å². The van der Waals surface area contributed by atoms with Crippen LogP contribution in [0.1, 0.15) is 31.2 Å². The van der Waals surface area contributed by atoms with Gasteiger partial charge in [-0.05, 0) is 38.3 Å². The number of amides is 3. The number of rotatable bonds is 7. The second-order valence-corrected chi connectivity index (χ2v) is 7.42. The summed E-state index contributed by atoms with van der Waals surface area (Å²) in [5.74, 6) is -0.237. The maximum absolute atomic E-state index is 12.0. The number of anilines is 1. The Morgan fingerprint density at radius 3 is 2.48 bits per heavy atom. The number of hydrogen-bond acceptors (Lipinski definition) is 4. The van der Waals surface area contributed by atoms with Crippen molar-refractivity contribution in [2.75, 3.05) is 16.8 Å². The Morgan fingerprint density at radius 2 is 1.80 bits per heavy atom. The molecule has 0 spiro atoms. The molecule has 3 amide bonds. The summed E-state index contributed by atoms with van der Waals surface area (Å²) in [6.07, 6.45) is 3.17. The highest BCUT2D eigenvalue weighted by molar-refractivity contribution is 8.00. The summed E-state index contributed by atoms with van der Waals surface area (Å²) >= 11 is 1.27. The van der Waals surface area contributed by atoms with Gasteiger partial charge in [-0.2, -0.15) is 0 Å². The molecule has 1 aromatic carbocycles. The van der Waals surface area contributed by atoms with E-state index in [2.05, 4.69) is 10.6 Å². The van der Waals surface area contributed by atoms with Crippen LogP contribution in [0.25, 0.3) is 0 Å². The number of hydrogen-bond donors (Lipinski definition) is 3. The van der Waals surface area contributed by atoms with Gasteiger partial charge in [-0.15, -0.1) is 11.8 Å². The number of carbonyl (C=O) groups is 3. The van der Waals surface area contributed by atoms with Gasteiger partial charge in [0.25, 0.3) is 0 Å². The van der Waals surface area contributed by atoms with E-state index in [1.807, 2.05) is 31.2 Å². The zero-order chi connectivity index (χ0) is 18.2. The number of primary amides is 1. The fourth-order valence-electron chi connectivity index (χ4n) is 2.92. The standard InChI is InChI=1S/C18H25N3O3S/c1-12-5-7-14(8-6-12)20-16(22)10-25-11-17(23)21-15-4-2-3-13(9-15)18(19)24/h5-8,13,15H,2-4,9-11H2,1H3,(H2,19,24)(H,20,22)(H,21,23)/t13-,15-/m1/s1. The van der Waals surface area contributed by atoms with Crippen LogP contribution in [0, 0.1) is 12.8 Å². The molecule has 1 fully saturated rings. The first-order chi connectivity index (χ1) is 11.9. The Labute approximate surface area is 152 Å². The average molecular weight is 363 g/mol. The fraction of sp³-hybridized carbons (Fsp3) is 0.500. The van der Waals surface area contributed by atoms with Crippen LogP contribution in [0.4, 0.5) is 5.69 Å². The van der Waals surface area contributed by atoms with Gasteiger partial charge in [-0.1, -0.05) is 24.1 Å². The third-order valence-electron chi connectivity index (χ3n) is 4.24. The van der Waals surface area contributed by atoms with Crippen molar-refractivity contribution < 1.29 is 14.4 Å². The van der Waals surface area contributed by atoms with E-state index in [0.717, 1.165) is 30.5 Å². The van der Waals surface area contributed by atoms with E-state index in [0.29, 0.717) is 6.42 Å². The van der Waals surface area contributed by atoms with Crippen molar-refractivity contribution in [3.05, 3.63) is 29.8 Å². The van der Waals surface area contributed by atoms with E-state index in [4.69, 9.17) is 5.73 Å². The summed E-state index contributed by atoms with van der Waals surface area (Å²) < 4.78 is 0. The molecule has 0 saturated heterocycles. The molecular weight excluding hydrogens is 338 g/mol. The van der Waals surface area contributed by atoms with E-state index < -0.39 is 0 Å². The Bertz CT molecular complexity index is 618. The average Bonchev–Trinajstić information content (AvgIpc) is 2.57. The van der Waals surface area contributed by atoms with Gasteiger partial charge in [-0.25, -0.2) is 0 Å². The summed E-state index contributed by atoms with van der Waals surface area (Å²) in [6.45, 7) is 1.98. The van der Waals surface area contributed by atoms with Gasteiger partial charge in [0.1, 0.15) is 0 Å². The summed E-state index contributed by atoms with van der Waals surface area (Å²) in [6, 6.07) is 7.56. The molecule has 136 valence electrons. The first kappa shape index (κ1) is 19.3. The molecule has 1 aliphatic carbocycles. The van der Waals surface area contributed by atoms with Crippen LogP contribution < -0.4 is 16.4 Å². The number of nitrogens with two attached hydrogens (primary N) is 1. The minimum Gasteiger partial charge on any atom is -0.369 e. The molecule has 0 radical (unpaired) electrons. The second-order valence-electron chi connectivity index (χ2n) is 6.44. The minimum absolute atomic E-state index is 0.000680. The molecule has 1 saturated carbocycles. The van der Waals surface area contributed by atoms with Gasteiger partial charge in [0.15, 0.2) is 0 Å². The van der Waals surface area contributed by atoms with Crippen molar-refractivity contribution in [1.82, 2.24) is 5.32 Å². The van der Waals surface area contributed by atoms with Gasteiger partial charge in [-0.3, -0.25) is 14.4 Å². The fourth-order valence-corrected chi connectivity index (χ4v) is 3.55. The Morgan fingerprint density at radius 1 is 1.12 bits per heavy atom. The largest absolute Gasteiger partial charge is 0.369 e. The zero-order valence-electron chi connectivity index (χ0n) is 14.4. The molecular formula is C18H25N3O3S. The van der Waals surface area contributed by atoms with E-state index in [1.54, 1.807) is 0 Å². The Balaban J connectivity index is 1.65. The highest BCUT2D eigenvalue weighted by Crippen LogP contribution is 2.24. The maximum Gasteiger partial charge on any atom is 0.234 e. The van der Waals surface area contributed by atoms with Gasteiger partial charge in [0.05, 0.1) is 11.5 Å². The first-order valence-corrected chi connectivity index (χ1v) is 9.62. The molecule has 1 aromatic rings. The van der Waals surface area contributed by atoms with Crippen LogP contribution in [0.5, 0.6) is 0 Å². The van der Waals surface area contributed by atoms with E-state index in [-0.39, 0.29) is 41.2 Å². The van der Waals surface area contributed by atoms with Crippen LogP contribution in [0.15, 0.2) is 24.3 Å². The molecule has 0 bridgehead atoms. The zero-order valence-corrected chi connectivity index (χ0v) is 15.2. The SMILES string of the molecule is Cc1ccc(NC(=O)CSCC(=O)N[C@@H]2CCC[C@@H](C(N)=O)C2)cc1. The quantitative estimate of drug-likeness (QED) is 0.688. The van der Waals surface area contributed by atoms with Crippen LogP contribution in [-0.4, -0.2) is 35.3 Å². The molecule has 1 aliphatic rings. The summed E-state index contributed by atoms with van der Waals surface area (Å²) in [4.78, 5) is 35.1. The van der Waals surface area contributed by atoms with Crippen LogP contribution >= 0.6 is 11.8 Å². The van der Waals surface area contributed by atoms with E-state index in [9.17, 15) is 14.4 Å². The van der Waals surface area contributed by atoms with Crippen molar-refractivity contribution in [2.24, 2.45) is 11.7 Å². The molecule has 0 unspecified atom stereocenters. The number of nitrogens with one attached hydrogen (secondary N) is 2. The van der Waals surface area contributed by atoms with Crippen LogP contribution in [0.2, 0.25) is 0 Å². The van der Waals surface area contributed by atoms with E-state index in [1.165, 1.54) is 11.8 Å². The van der Waals surface area contributed by atoms with Gasteiger partial charge in [0.2, 0.25) is 17.7 Å². The highest BCUT2D eigenvalue weighted by atomic mass is 32.2. The predicted octanol–water partition coefficient (Wildman–Crippen LogP) is 1.83. The van der Waals surface area contributed by atoms with E-state index >= 15 is 0 Å². The molecule has 7 heteroatoms. The lowest BCUT2D eigenvalue weighted by Gasteiger charge is -2.27. The molecule has 6 nitrogen and oxygen atoms in total. The summed E-state index contributed by atoms with van der Waals surface area (Å²) in [7, 11) is 0. The van der Waals surface area contributed by atoms with Crippen LogP contribution in [-0.2, 0) is 14.4 Å². The second kappa shape index (κ2) is 9.46. The third-order valence-corrected chi connectivity index (χ3v) is 5.18. The monoisotopic (exact) mass is 363 g/mol. The Hall–Kier alpha value is -2.02. The molecule has 2 atom stereocenters. The summed E-state index contributed by atoms with van der Waals surface area (Å²) in [5, 5.41) is 5.73. The van der Waals surface area contributed by atoms with Crippen LogP contribution in [0.3, 0.4) is 0 Å². The lowest BCUT2D eigenvalue weighted by molar-refractivity contribution is -0.124. The third kappa shape index (κ3) is 6.78. The van der Waals surface area contributed by atoms with Crippen molar-refractivity contribution in [2.45, 2.75) is 38.6 Å². The minimum atomic E-state index is -0.291.